The van der Waals surface area contributed by atoms with E-state index in [1.165, 1.54) is 0 Å². The van der Waals surface area contributed by atoms with Gasteiger partial charge in [-0.25, -0.2) is 0 Å². The number of amides is 1. The third-order valence-corrected chi connectivity index (χ3v) is 3.58. The fourth-order valence-corrected chi connectivity index (χ4v) is 2.43. The molecule has 100 valence electrons. The Labute approximate surface area is 108 Å². The van der Waals surface area contributed by atoms with Crippen molar-refractivity contribution in [2.24, 2.45) is 5.41 Å². The van der Waals surface area contributed by atoms with E-state index in [0.29, 0.717) is 12.8 Å². The highest BCUT2D eigenvalue weighted by molar-refractivity contribution is 5.85. The van der Waals surface area contributed by atoms with Gasteiger partial charge >= 0.3 is 5.97 Å². The zero-order valence-corrected chi connectivity index (χ0v) is 11.1. The molecule has 0 unspecified atom stereocenters. The van der Waals surface area contributed by atoms with E-state index in [4.69, 9.17) is 6.42 Å². The summed E-state index contributed by atoms with van der Waals surface area (Å²) in [6.45, 7) is 3.44. The Balaban J connectivity index is 2.71. The minimum atomic E-state index is -0.896. The summed E-state index contributed by atoms with van der Waals surface area (Å²) in [5, 5.41) is 12.1. The number of terminal acetylenes is 1. The van der Waals surface area contributed by atoms with Crippen molar-refractivity contribution in [3.05, 3.63) is 0 Å². The van der Waals surface area contributed by atoms with Gasteiger partial charge in [-0.05, 0) is 26.7 Å². The van der Waals surface area contributed by atoms with E-state index in [1.807, 2.05) is 0 Å². The van der Waals surface area contributed by atoms with E-state index in [9.17, 15) is 14.7 Å². The van der Waals surface area contributed by atoms with Gasteiger partial charge in [0, 0.05) is 6.42 Å². The number of rotatable bonds is 4. The molecule has 1 rings (SSSR count). The van der Waals surface area contributed by atoms with Crippen LogP contribution in [0.5, 0.6) is 0 Å². The lowest BCUT2D eigenvalue weighted by atomic mass is 9.71. The highest BCUT2D eigenvalue weighted by Crippen LogP contribution is 2.39. The Hall–Kier alpha value is -1.50. The van der Waals surface area contributed by atoms with Crippen LogP contribution in [0.3, 0.4) is 0 Å². The minimum Gasteiger partial charge on any atom is -0.481 e. The second-order valence-electron chi connectivity index (χ2n) is 5.64. The predicted octanol–water partition coefficient (Wildman–Crippen LogP) is 1.94. The van der Waals surface area contributed by atoms with Crippen molar-refractivity contribution in [1.29, 1.82) is 0 Å². The van der Waals surface area contributed by atoms with E-state index in [-0.39, 0.29) is 12.3 Å². The fraction of sp³-hybridized carbons (Fsp3) is 0.714. The second-order valence-corrected chi connectivity index (χ2v) is 5.64. The zero-order valence-electron chi connectivity index (χ0n) is 11.1. The van der Waals surface area contributed by atoms with Crippen LogP contribution in [0.15, 0.2) is 0 Å². The lowest BCUT2D eigenvalue weighted by molar-refractivity contribution is -0.154. The van der Waals surface area contributed by atoms with Crippen molar-refractivity contribution in [1.82, 2.24) is 5.32 Å². The SMILES string of the molecule is C#CC(C)(C)NC(=O)CC1(C(=O)O)CCCCC1. The Morgan fingerprint density at radius 3 is 2.33 bits per heavy atom. The normalized spacial score (nSPS) is 18.7. The van der Waals surface area contributed by atoms with Crippen LogP contribution in [0.4, 0.5) is 0 Å². The van der Waals surface area contributed by atoms with E-state index in [1.54, 1.807) is 13.8 Å². The molecule has 0 bridgehead atoms. The summed E-state index contributed by atoms with van der Waals surface area (Å²) in [6, 6.07) is 0. The first-order valence-corrected chi connectivity index (χ1v) is 6.33. The Morgan fingerprint density at radius 1 is 1.33 bits per heavy atom. The summed E-state index contributed by atoms with van der Waals surface area (Å²) in [6.07, 6.45) is 9.27. The molecule has 0 heterocycles. The van der Waals surface area contributed by atoms with Crippen LogP contribution in [0.1, 0.15) is 52.4 Å². The van der Waals surface area contributed by atoms with Crippen LogP contribution >= 0.6 is 0 Å². The number of aliphatic carboxylic acids is 1. The first-order valence-electron chi connectivity index (χ1n) is 6.33. The number of carbonyl (C=O) groups excluding carboxylic acids is 1. The highest BCUT2D eigenvalue weighted by atomic mass is 16.4. The van der Waals surface area contributed by atoms with Gasteiger partial charge in [-0.15, -0.1) is 6.42 Å². The van der Waals surface area contributed by atoms with Crippen molar-refractivity contribution < 1.29 is 14.7 Å². The standard InChI is InChI=1S/C14H21NO3/c1-4-13(2,3)15-11(16)10-14(12(17)18)8-6-5-7-9-14/h1H,5-10H2,2-3H3,(H,15,16)(H,17,18). The molecule has 0 aromatic heterocycles. The summed E-state index contributed by atoms with van der Waals surface area (Å²) in [4.78, 5) is 23.4. The van der Waals surface area contributed by atoms with E-state index in [0.717, 1.165) is 19.3 Å². The van der Waals surface area contributed by atoms with Gasteiger partial charge in [-0.2, -0.15) is 0 Å². The van der Waals surface area contributed by atoms with Gasteiger partial charge in [0.1, 0.15) is 0 Å². The van der Waals surface area contributed by atoms with E-state index < -0.39 is 16.9 Å². The van der Waals surface area contributed by atoms with E-state index >= 15 is 0 Å². The number of hydrogen-bond acceptors (Lipinski definition) is 2. The van der Waals surface area contributed by atoms with Gasteiger partial charge in [0.15, 0.2) is 0 Å². The number of carboxylic acids is 1. The molecule has 4 heteroatoms. The molecule has 1 aliphatic carbocycles. The molecule has 0 radical (unpaired) electrons. The molecule has 0 aromatic carbocycles. The molecule has 18 heavy (non-hydrogen) atoms. The Kier molecular flexibility index (Phi) is 4.39. The van der Waals surface area contributed by atoms with Crippen molar-refractivity contribution in [3.8, 4) is 12.3 Å². The van der Waals surface area contributed by atoms with Crippen molar-refractivity contribution in [2.45, 2.75) is 57.9 Å². The number of carbonyl (C=O) groups is 2. The number of hydrogen-bond donors (Lipinski definition) is 2. The van der Waals surface area contributed by atoms with Crippen LogP contribution in [0.2, 0.25) is 0 Å². The largest absolute Gasteiger partial charge is 0.481 e. The number of carboxylic acid groups (broad SMARTS) is 1. The average molecular weight is 251 g/mol. The van der Waals surface area contributed by atoms with Gasteiger partial charge in [0.2, 0.25) is 5.91 Å². The molecule has 0 atom stereocenters. The molecule has 0 aromatic rings. The third-order valence-electron chi connectivity index (χ3n) is 3.58. The highest BCUT2D eigenvalue weighted by Gasteiger charge is 2.41. The maximum atomic E-state index is 11.9. The second kappa shape index (κ2) is 5.43. The summed E-state index contributed by atoms with van der Waals surface area (Å²) in [5.41, 5.74) is -1.63. The molecule has 1 aliphatic rings. The number of nitrogens with one attached hydrogen (secondary N) is 1. The van der Waals surface area contributed by atoms with Crippen molar-refractivity contribution >= 4 is 11.9 Å². The molecule has 0 spiro atoms. The summed E-state index contributed by atoms with van der Waals surface area (Å²) in [5.74, 6) is 1.33. The minimum absolute atomic E-state index is 0.0213. The molecular formula is C14H21NO3. The molecule has 1 amide bonds. The lowest BCUT2D eigenvalue weighted by Gasteiger charge is -2.33. The van der Waals surface area contributed by atoms with Crippen LogP contribution in [-0.4, -0.2) is 22.5 Å². The average Bonchev–Trinajstić information content (AvgIpc) is 2.29. The van der Waals surface area contributed by atoms with Crippen LogP contribution in [-0.2, 0) is 9.59 Å². The molecular weight excluding hydrogens is 230 g/mol. The lowest BCUT2D eigenvalue weighted by Crippen LogP contribution is -2.46. The molecule has 2 N–H and O–H groups in total. The maximum Gasteiger partial charge on any atom is 0.310 e. The molecule has 1 saturated carbocycles. The van der Waals surface area contributed by atoms with E-state index in [2.05, 4.69) is 11.2 Å². The van der Waals surface area contributed by atoms with Gasteiger partial charge in [0.05, 0.1) is 11.0 Å². The third kappa shape index (κ3) is 3.49. The monoisotopic (exact) mass is 251 g/mol. The van der Waals surface area contributed by atoms with Crippen LogP contribution in [0, 0.1) is 17.8 Å². The fourth-order valence-electron chi connectivity index (χ4n) is 2.43. The van der Waals surface area contributed by atoms with Crippen molar-refractivity contribution in [2.75, 3.05) is 0 Å². The van der Waals surface area contributed by atoms with Gasteiger partial charge in [-0.1, -0.05) is 25.2 Å². The molecule has 0 aliphatic heterocycles. The maximum absolute atomic E-state index is 11.9. The first-order chi connectivity index (χ1) is 8.31. The smallest absolute Gasteiger partial charge is 0.310 e. The predicted molar refractivity (Wildman–Crippen MR) is 68.8 cm³/mol. The van der Waals surface area contributed by atoms with Crippen LogP contribution in [0.25, 0.3) is 0 Å². The Bertz CT molecular complexity index is 373. The van der Waals surface area contributed by atoms with Gasteiger partial charge < -0.3 is 10.4 Å². The Morgan fingerprint density at radius 2 is 1.89 bits per heavy atom. The van der Waals surface area contributed by atoms with Gasteiger partial charge in [0.25, 0.3) is 0 Å². The summed E-state index contributed by atoms with van der Waals surface area (Å²) in [7, 11) is 0. The summed E-state index contributed by atoms with van der Waals surface area (Å²) >= 11 is 0. The summed E-state index contributed by atoms with van der Waals surface area (Å²) < 4.78 is 0. The van der Waals surface area contributed by atoms with Crippen molar-refractivity contribution in [3.63, 3.8) is 0 Å². The molecule has 1 fully saturated rings. The van der Waals surface area contributed by atoms with Gasteiger partial charge in [-0.3, -0.25) is 9.59 Å². The molecule has 0 saturated heterocycles. The quantitative estimate of drug-likeness (QED) is 0.750. The van der Waals surface area contributed by atoms with Crippen LogP contribution < -0.4 is 5.32 Å². The molecule has 4 nitrogen and oxygen atoms in total. The first kappa shape index (κ1) is 14.6. The topological polar surface area (TPSA) is 66.4 Å². The zero-order chi connectivity index (χ0) is 13.8.